The van der Waals surface area contributed by atoms with E-state index in [9.17, 15) is 0 Å². The number of nitrogens with one attached hydrogen (secondary N) is 1. The summed E-state index contributed by atoms with van der Waals surface area (Å²) in [5.74, 6) is 0.671. The molecule has 23 heavy (non-hydrogen) atoms. The third-order valence-electron chi connectivity index (χ3n) is 4.28. The van der Waals surface area contributed by atoms with E-state index in [0.29, 0.717) is 5.92 Å². The molecule has 3 nitrogen and oxygen atoms in total. The average Bonchev–Trinajstić information content (AvgIpc) is 2.78. The molecule has 1 aliphatic rings. The van der Waals surface area contributed by atoms with Gasteiger partial charge < -0.3 is 16.8 Å². The van der Waals surface area contributed by atoms with Gasteiger partial charge in [0.2, 0.25) is 0 Å². The van der Waals surface area contributed by atoms with Crippen molar-refractivity contribution in [1.29, 1.82) is 0 Å². The van der Waals surface area contributed by atoms with Crippen molar-refractivity contribution >= 4 is 18.9 Å². The molecule has 0 radical (unpaired) electrons. The van der Waals surface area contributed by atoms with Crippen molar-refractivity contribution in [2.75, 3.05) is 0 Å². The van der Waals surface area contributed by atoms with Crippen molar-refractivity contribution in [2.24, 2.45) is 17.4 Å². The molecular weight excluding hydrogens is 277 g/mol. The van der Waals surface area contributed by atoms with Crippen LogP contribution in [-0.2, 0) is 0 Å². The van der Waals surface area contributed by atoms with Gasteiger partial charge in [-0.2, -0.15) is 0 Å². The first-order chi connectivity index (χ1) is 10.7. The molecule has 1 unspecified atom stereocenters. The minimum atomic E-state index is -0.132. The van der Waals surface area contributed by atoms with E-state index in [0.717, 1.165) is 6.42 Å². The quantitative estimate of drug-likeness (QED) is 0.292. The molecule has 1 rings (SSSR count). The normalized spacial score (nSPS) is 14.9. The van der Waals surface area contributed by atoms with Crippen LogP contribution in [0.5, 0.6) is 0 Å². The monoisotopic (exact) mass is 313 g/mol. The molecule has 0 saturated heterocycles. The molecule has 0 aromatic heterocycles. The van der Waals surface area contributed by atoms with Crippen LogP contribution in [-0.4, -0.2) is 25.0 Å². The van der Waals surface area contributed by atoms with Crippen LogP contribution in [0.4, 0.5) is 0 Å². The third kappa shape index (κ3) is 11.7. The Morgan fingerprint density at radius 3 is 2.22 bits per heavy atom. The molecule has 0 aromatic rings. The summed E-state index contributed by atoms with van der Waals surface area (Å²) in [6.45, 7) is 2.27. The molecule has 0 saturated carbocycles. The molecular formula is C19H36LiN3. The first kappa shape index (κ1) is 22.5. The zero-order chi connectivity index (χ0) is 16.0. The second-order valence-electron chi connectivity index (χ2n) is 6.36. The summed E-state index contributed by atoms with van der Waals surface area (Å²) in [5, 5.41) is 3.45. The summed E-state index contributed by atoms with van der Waals surface area (Å²) in [6.07, 6.45) is 22.9. The number of rotatable bonds is 12. The van der Waals surface area contributed by atoms with Gasteiger partial charge in [0.05, 0.1) is 6.17 Å². The Morgan fingerprint density at radius 2 is 1.52 bits per heavy atom. The summed E-state index contributed by atoms with van der Waals surface area (Å²) >= 11 is 0. The first-order valence-electron chi connectivity index (χ1n) is 9.05. The Kier molecular flexibility index (Phi) is 14.8. The van der Waals surface area contributed by atoms with Crippen molar-refractivity contribution in [3.8, 4) is 0 Å². The number of unbranched alkanes of at least 4 members (excludes halogenated alkanes) is 5. The van der Waals surface area contributed by atoms with Crippen LogP contribution in [0.2, 0.25) is 0 Å². The van der Waals surface area contributed by atoms with Gasteiger partial charge in [-0.3, -0.25) is 0 Å². The number of allylic oxidation sites excluding steroid dienone is 5. The van der Waals surface area contributed by atoms with Gasteiger partial charge in [0, 0.05) is 11.9 Å². The third-order valence-corrected chi connectivity index (χ3v) is 4.28. The van der Waals surface area contributed by atoms with E-state index >= 15 is 0 Å². The number of nitrogens with two attached hydrogens (primary N) is 2. The molecule has 0 amide bonds. The Bertz CT molecular complexity index is 362. The van der Waals surface area contributed by atoms with Crippen LogP contribution in [0.3, 0.4) is 0 Å². The van der Waals surface area contributed by atoms with Crippen LogP contribution in [0.25, 0.3) is 0 Å². The Morgan fingerprint density at radius 1 is 0.870 bits per heavy atom. The van der Waals surface area contributed by atoms with Gasteiger partial charge in [-0.1, -0.05) is 64.0 Å². The number of hydrogen-bond donors (Lipinski definition) is 3. The molecule has 1 atom stereocenters. The first-order valence-corrected chi connectivity index (χ1v) is 9.05. The fourth-order valence-corrected chi connectivity index (χ4v) is 2.93. The van der Waals surface area contributed by atoms with Crippen molar-refractivity contribution in [1.82, 2.24) is 5.32 Å². The van der Waals surface area contributed by atoms with Crippen LogP contribution in [0.1, 0.15) is 71.1 Å². The van der Waals surface area contributed by atoms with Gasteiger partial charge in [0.25, 0.3) is 0 Å². The van der Waals surface area contributed by atoms with Crippen molar-refractivity contribution in [3.05, 3.63) is 36.2 Å². The summed E-state index contributed by atoms with van der Waals surface area (Å²) in [6, 6.07) is 0. The number of hydrogen-bond acceptors (Lipinski definition) is 3. The molecule has 0 bridgehead atoms. The second-order valence-corrected chi connectivity index (χ2v) is 6.36. The molecule has 4 heteroatoms. The molecule has 0 aromatic carbocycles. The Labute approximate surface area is 155 Å². The SMILES string of the molecule is CCCCC(CCCCCCCC(N)N)C1=CC=CC=CN1.[LiH]. The van der Waals surface area contributed by atoms with E-state index < -0.39 is 0 Å². The van der Waals surface area contributed by atoms with Crippen molar-refractivity contribution in [3.63, 3.8) is 0 Å². The van der Waals surface area contributed by atoms with Crippen molar-refractivity contribution < 1.29 is 0 Å². The van der Waals surface area contributed by atoms with E-state index in [4.69, 9.17) is 11.5 Å². The topological polar surface area (TPSA) is 64.1 Å². The summed E-state index contributed by atoms with van der Waals surface area (Å²) in [7, 11) is 0. The Hall–Kier alpha value is -0.463. The molecule has 128 valence electrons. The molecule has 0 spiro atoms. The zero-order valence-electron chi connectivity index (χ0n) is 14.3. The molecule has 0 fully saturated rings. The maximum atomic E-state index is 5.57. The minimum absolute atomic E-state index is 0. The Balaban J connectivity index is 0.00000484. The molecule has 5 N–H and O–H groups in total. The van der Waals surface area contributed by atoms with Gasteiger partial charge in [0.1, 0.15) is 0 Å². The van der Waals surface area contributed by atoms with E-state index in [1.165, 1.54) is 63.5 Å². The van der Waals surface area contributed by atoms with Crippen LogP contribution < -0.4 is 16.8 Å². The molecule has 1 heterocycles. The fourth-order valence-electron chi connectivity index (χ4n) is 2.93. The van der Waals surface area contributed by atoms with Gasteiger partial charge in [-0.15, -0.1) is 0 Å². The fraction of sp³-hybridized carbons (Fsp3) is 0.684. The molecule has 0 aliphatic carbocycles. The van der Waals surface area contributed by atoms with Gasteiger partial charge in [-0.05, 0) is 37.3 Å². The van der Waals surface area contributed by atoms with Crippen LogP contribution in [0.15, 0.2) is 36.2 Å². The van der Waals surface area contributed by atoms with E-state index in [2.05, 4.69) is 36.5 Å². The van der Waals surface area contributed by atoms with Gasteiger partial charge in [0.15, 0.2) is 0 Å². The van der Waals surface area contributed by atoms with Gasteiger partial charge in [-0.25, -0.2) is 0 Å². The van der Waals surface area contributed by atoms with E-state index in [-0.39, 0.29) is 25.0 Å². The molecule has 1 aliphatic heterocycles. The summed E-state index contributed by atoms with van der Waals surface area (Å²) < 4.78 is 0. The second kappa shape index (κ2) is 15.1. The van der Waals surface area contributed by atoms with E-state index in [1.807, 2.05) is 6.20 Å². The maximum absolute atomic E-state index is 5.57. The predicted octanol–water partition coefficient (Wildman–Crippen LogP) is 3.68. The van der Waals surface area contributed by atoms with E-state index in [1.54, 1.807) is 0 Å². The standard InChI is InChI=1S/C19H35N3.Li.H/c1-2-3-12-17(18-14-9-7-11-16-22-18)13-8-5-4-6-10-15-19(20)21;;/h7,9,11,14,16-17,19,22H,2-6,8,10,12-13,15,20-21H2,1H3;;. The predicted molar refractivity (Wildman–Crippen MR) is 104 cm³/mol. The zero-order valence-corrected chi connectivity index (χ0v) is 14.3. The van der Waals surface area contributed by atoms with Crippen LogP contribution in [0, 0.1) is 5.92 Å². The average molecular weight is 313 g/mol. The summed E-state index contributed by atoms with van der Waals surface area (Å²) in [5.41, 5.74) is 12.5. The van der Waals surface area contributed by atoms with Crippen molar-refractivity contribution in [2.45, 2.75) is 77.3 Å². The van der Waals surface area contributed by atoms with Gasteiger partial charge >= 0.3 is 18.9 Å². The summed E-state index contributed by atoms with van der Waals surface area (Å²) in [4.78, 5) is 0. The van der Waals surface area contributed by atoms with Crippen LogP contribution >= 0.6 is 0 Å².